The van der Waals surface area contributed by atoms with Gasteiger partial charge in [-0.05, 0) is 67.6 Å². The molecule has 2 heterocycles. The van der Waals surface area contributed by atoms with Gasteiger partial charge in [0.2, 0.25) is 0 Å². The molecule has 1 unspecified atom stereocenters. The molecular weight excluding hydrogens is 401 g/mol. The molecule has 31 heavy (non-hydrogen) atoms. The summed E-state index contributed by atoms with van der Waals surface area (Å²) in [4.78, 5) is 25.1. The average molecular weight is 421 g/mol. The number of carbonyl (C=O) groups excluding carboxylic acids is 2. The van der Waals surface area contributed by atoms with Gasteiger partial charge in [0.1, 0.15) is 29.1 Å². The summed E-state index contributed by atoms with van der Waals surface area (Å²) in [7, 11) is 1.56. The van der Waals surface area contributed by atoms with Crippen molar-refractivity contribution in [2.75, 3.05) is 12.4 Å². The summed E-state index contributed by atoms with van der Waals surface area (Å²) in [5, 5.41) is 8.18. The number of furan rings is 1. The fourth-order valence-electron chi connectivity index (χ4n) is 3.36. The van der Waals surface area contributed by atoms with Crippen LogP contribution in [0.15, 0.2) is 76.4 Å². The first kappa shape index (κ1) is 20.2. The molecular formula is C23H20FN3O4. The van der Waals surface area contributed by atoms with Crippen molar-refractivity contribution in [3.8, 4) is 17.1 Å². The van der Waals surface area contributed by atoms with Crippen molar-refractivity contribution in [3.63, 3.8) is 0 Å². The standard InChI is InChI=1S/C23H20FN3O4/c1-13-20(22(28)26-16-7-9-17(30-2)10-8-16)21(27-23(29)25-13)19-12-11-18(31-19)14-3-5-15(24)6-4-14/h3-12,21H,1-2H3,(H,26,28)(H2,25,27,29). The van der Waals surface area contributed by atoms with Gasteiger partial charge in [-0.25, -0.2) is 9.18 Å². The minimum atomic E-state index is -0.791. The number of allylic oxidation sites excluding steroid dienone is 1. The number of hydrogen-bond donors (Lipinski definition) is 3. The van der Waals surface area contributed by atoms with Crippen LogP contribution in [-0.2, 0) is 4.79 Å². The van der Waals surface area contributed by atoms with Crippen LogP contribution in [0.4, 0.5) is 14.9 Å². The van der Waals surface area contributed by atoms with Crippen molar-refractivity contribution in [3.05, 3.63) is 83.5 Å². The third kappa shape index (κ3) is 4.28. The van der Waals surface area contributed by atoms with E-state index >= 15 is 0 Å². The molecule has 1 aliphatic rings. The maximum Gasteiger partial charge on any atom is 0.319 e. The van der Waals surface area contributed by atoms with Crippen molar-refractivity contribution < 1.29 is 23.1 Å². The van der Waals surface area contributed by atoms with E-state index in [1.165, 1.54) is 12.1 Å². The lowest BCUT2D eigenvalue weighted by atomic mass is 9.99. The number of amides is 3. The predicted molar refractivity (Wildman–Crippen MR) is 113 cm³/mol. The molecule has 3 N–H and O–H groups in total. The molecule has 4 rings (SSSR count). The van der Waals surface area contributed by atoms with Gasteiger partial charge in [-0.2, -0.15) is 0 Å². The van der Waals surface area contributed by atoms with Gasteiger partial charge >= 0.3 is 6.03 Å². The number of hydrogen-bond acceptors (Lipinski definition) is 4. The van der Waals surface area contributed by atoms with E-state index in [2.05, 4.69) is 16.0 Å². The summed E-state index contributed by atoms with van der Waals surface area (Å²) in [6, 6.07) is 14.9. The van der Waals surface area contributed by atoms with Crippen molar-refractivity contribution >= 4 is 17.6 Å². The van der Waals surface area contributed by atoms with Gasteiger partial charge in [0.15, 0.2) is 0 Å². The van der Waals surface area contributed by atoms with Crippen molar-refractivity contribution in [1.29, 1.82) is 0 Å². The van der Waals surface area contributed by atoms with Crippen LogP contribution in [-0.4, -0.2) is 19.0 Å². The van der Waals surface area contributed by atoms with Crippen molar-refractivity contribution in [2.45, 2.75) is 13.0 Å². The van der Waals surface area contributed by atoms with E-state index < -0.39 is 12.1 Å². The molecule has 0 spiro atoms. The number of rotatable bonds is 5. The average Bonchev–Trinajstić information content (AvgIpc) is 3.24. The van der Waals surface area contributed by atoms with E-state index in [9.17, 15) is 14.0 Å². The smallest absolute Gasteiger partial charge is 0.319 e. The van der Waals surface area contributed by atoms with E-state index in [1.54, 1.807) is 62.6 Å². The Kier molecular flexibility index (Phi) is 5.44. The number of urea groups is 1. The molecule has 0 fully saturated rings. The Morgan fingerprint density at radius 3 is 2.45 bits per heavy atom. The van der Waals surface area contributed by atoms with E-state index in [0.29, 0.717) is 39.8 Å². The maximum atomic E-state index is 13.2. The quantitative estimate of drug-likeness (QED) is 0.571. The van der Waals surface area contributed by atoms with Crippen LogP contribution in [0.2, 0.25) is 0 Å². The Labute approximate surface area is 177 Å². The van der Waals surface area contributed by atoms with Crippen molar-refractivity contribution in [1.82, 2.24) is 10.6 Å². The molecule has 0 bridgehead atoms. The molecule has 0 saturated heterocycles. The lowest BCUT2D eigenvalue weighted by Crippen LogP contribution is -2.45. The van der Waals surface area contributed by atoms with Gasteiger partial charge in [0.05, 0.1) is 12.7 Å². The summed E-state index contributed by atoms with van der Waals surface area (Å²) < 4.78 is 24.2. The summed E-state index contributed by atoms with van der Waals surface area (Å²) in [6.45, 7) is 1.65. The molecule has 1 atom stereocenters. The van der Waals surface area contributed by atoms with Crippen LogP contribution in [0.3, 0.4) is 0 Å². The minimum Gasteiger partial charge on any atom is -0.497 e. The van der Waals surface area contributed by atoms with E-state index in [0.717, 1.165) is 0 Å². The number of ether oxygens (including phenoxy) is 1. The summed E-state index contributed by atoms with van der Waals surface area (Å²) >= 11 is 0. The lowest BCUT2D eigenvalue weighted by molar-refractivity contribution is -0.113. The number of benzene rings is 2. The van der Waals surface area contributed by atoms with Gasteiger partial charge in [0.25, 0.3) is 5.91 Å². The van der Waals surface area contributed by atoms with Gasteiger partial charge in [-0.3, -0.25) is 4.79 Å². The SMILES string of the molecule is COc1ccc(NC(=O)C2=C(C)NC(=O)NC2c2ccc(-c3ccc(F)cc3)o2)cc1. The van der Waals surface area contributed by atoms with E-state index in [1.807, 2.05) is 0 Å². The normalized spacial score (nSPS) is 15.8. The minimum absolute atomic E-state index is 0.315. The van der Waals surface area contributed by atoms with Crippen LogP contribution in [0.1, 0.15) is 18.7 Å². The van der Waals surface area contributed by atoms with Crippen LogP contribution in [0, 0.1) is 5.82 Å². The van der Waals surface area contributed by atoms with Gasteiger partial charge in [-0.15, -0.1) is 0 Å². The third-order valence-corrected chi connectivity index (χ3v) is 4.90. The van der Waals surface area contributed by atoms with Crippen molar-refractivity contribution in [2.24, 2.45) is 0 Å². The maximum absolute atomic E-state index is 13.2. The zero-order valence-corrected chi connectivity index (χ0v) is 16.9. The number of carbonyl (C=O) groups is 2. The first-order chi connectivity index (χ1) is 14.9. The molecule has 0 aliphatic carbocycles. The summed E-state index contributed by atoms with van der Waals surface area (Å²) in [5.41, 5.74) is 1.99. The Hall–Kier alpha value is -4.07. The zero-order valence-electron chi connectivity index (χ0n) is 16.9. The zero-order chi connectivity index (χ0) is 22.0. The fourth-order valence-corrected chi connectivity index (χ4v) is 3.36. The molecule has 7 nitrogen and oxygen atoms in total. The first-order valence-corrected chi connectivity index (χ1v) is 9.54. The molecule has 0 radical (unpaired) electrons. The predicted octanol–water partition coefficient (Wildman–Crippen LogP) is 4.36. The molecule has 8 heteroatoms. The lowest BCUT2D eigenvalue weighted by Gasteiger charge is -2.27. The van der Waals surface area contributed by atoms with Crippen LogP contribution < -0.4 is 20.7 Å². The van der Waals surface area contributed by atoms with Gasteiger partial charge < -0.3 is 25.1 Å². The molecule has 1 aliphatic heterocycles. The van der Waals surface area contributed by atoms with Crippen LogP contribution >= 0.6 is 0 Å². The number of nitrogens with one attached hydrogen (secondary N) is 3. The van der Waals surface area contributed by atoms with Crippen LogP contribution in [0.5, 0.6) is 5.75 Å². The molecule has 1 aromatic heterocycles. The fraction of sp³-hybridized carbons (Fsp3) is 0.130. The summed E-state index contributed by atoms with van der Waals surface area (Å²) in [5.74, 6) is 0.808. The second-order valence-electron chi connectivity index (χ2n) is 6.96. The largest absolute Gasteiger partial charge is 0.497 e. The molecule has 3 aromatic rings. The highest BCUT2D eigenvalue weighted by atomic mass is 19.1. The highest BCUT2D eigenvalue weighted by Gasteiger charge is 2.33. The molecule has 2 aromatic carbocycles. The second-order valence-corrected chi connectivity index (χ2v) is 6.96. The highest BCUT2D eigenvalue weighted by Crippen LogP contribution is 2.32. The van der Waals surface area contributed by atoms with Gasteiger partial charge in [0, 0.05) is 16.9 Å². The Balaban J connectivity index is 1.62. The highest BCUT2D eigenvalue weighted by molar-refractivity contribution is 6.06. The third-order valence-electron chi connectivity index (χ3n) is 4.90. The second kappa shape index (κ2) is 8.35. The monoisotopic (exact) mass is 421 g/mol. The Morgan fingerprint density at radius 2 is 1.77 bits per heavy atom. The topological polar surface area (TPSA) is 92.6 Å². The van der Waals surface area contributed by atoms with Gasteiger partial charge in [-0.1, -0.05) is 0 Å². The number of anilines is 1. The summed E-state index contributed by atoms with van der Waals surface area (Å²) in [6.07, 6.45) is 0. The van der Waals surface area contributed by atoms with E-state index in [4.69, 9.17) is 9.15 Å². The molecule has 158 valence electrons. The molecule has 0 saturated carbocycles. The number of methoxy groups -OCH3 is 1. The Morgan fingerprint density at radius 1 is 1.06 bits per heavy atom. The van der Waals surface area contributed by atoms with E-state index in [-0.39, 0.29) is 11.7 Å². The Bertz CT molecular complexity index is 1150. The molecule has 3 amide bonds. The first-order valence-electron chi connectivity index (χ1n) is 9.54. The van der Waals surface area contributed by atoms with Crippen LogP contribution in [0.25, 0.3) is 11.3 Å². The number of halogens is 1.